The summed E-state index contributed by atoms with van der Waals surface area (Å²) in [4.78, 5) is 24.7. The molecule has 34 heavy (non-hydrogen) atoms. The van der Waals surface area contributed by atoms with Crippen LogP contribution in [0.1, 0.15) is 0 Å². The Balaban J connectivity index is 1.80. The number of esters is 1. The van der Waals surface area contributed by atoms with E-state index in [2.05, 4.69) is 4.74 Å². The fraction of sp³-hybridized carbons (Fsp3) is 0.304. The maximum absolute atomic E-state index is 12.8. The van der Waals surface area contributed by atoms with Crippen molar-refractivity contribution in [2.75, 3.05) is 14.2 Å². The number of carbonyl (C=O) groups is 1. The SMILES string of the molecule is COC(=O)[C@@H]1O[C@H](Oc2cc(O)c3c(=O)cc(-c4ccccc4)oc3c2OC)[C@@H](O)[C@H](O)[C@H]1O. The molecule has 0 radical (unpaired) electrons. The number of aliphatic hydroxyl groups excluding tert-OH is 3. The van der Waals surface area contributed by atoms with E-state index in [1.54, 1.807) is 30.3 Å². The first-order valence-corrected chi connectivity index (χ1v) is 10.1. The molecule has 2 heterocycles. The Kier molecular flexibility index (Phi) is 6.44. The molecule has 1 aromatic heterocycles. The zero-order valence-electron chi connectivity index (χ0n) is 18.1. The lowest BCUT2D eigenvalue weighted by molar-refractivity contribution is -0.272. The van der Waals surface area contributed by atoms with Crippen molar-refractivity contribution in [3.8, 4) is 28.6 Å². The number of methoxy groups -OCH3 is 2. The van der Waals surface area contributed by atoms with E-state index in [0.29, 0.717) is 5.56 Å². The fourth-order valence-corrected chi connectivity index (χ4v) is 3.68. The Bertz CT molecular complexity index is 1250. The maximum Gasteiger partial charge on any atom is 0.337 e. The van der Waals surface area contributed by atoms with E-state index in [0.717, 1.165) is 13.2 Å². The van der Waals surface area contributed by atoms with Crippen molar-refractivity contribution in [3.05, 3.63) is 52.7 Å². The van der Waals surface area contributed by atoms with Crippen LogP contribution in [0.15, 0.2) is 51.7 Å². The van der Waals surface area contributed by atoms with Gasteiger partial charge < -0.3 is 43.8 Å². The molecule has 2 aromatic carbocycles. The van der Waals surface area contributed by atoms with Crippen molar-refractivity contribution < 1.29 is 48.6 Å². The molecule has 0 amide bonds. The topological polar surface area (TPSA) is 165 Å². The predicted molar refractivity (Wildman–Crippen MR) is 115 cm³/mol. The third-order valence-electron chi connectivity index (χ3n) is 5.41. The molecule has 11 nitrogen and oxygen atoms in total. The third kappa shape index (κ3) is 4.05. The van der Waals surface area contributed by atoms with Gasteiger partial charge in [-0.2, -0.15) is 0 Å². The summed E-state index contributed by atoms with van der Waals surface area (Å²) < 4.78 is 26.7. The predicted octanol–water partition coefficient (Wildman–Crippen LogP) is 0.534. The number of hydrogen-bond acceptors (Lipinski definition) is 11. The van der Waals surface area contributed by atoms with Crippen molar-refractivity contribution in [2.45, 2.75) is 30.7 Å². The van der Waals surface area contributed by atoms with Crippen LogP contribution in [0.4, 0.5) is 0 Å². The Hall–Kier alpha value is -3.64. The number of rotatable bonds is 5. The first-order chi connectivity index (χ1) is 16.3. The first kappa shape index (κ1) is 23.5. The highest BCUT2D eigenvalue weighted by Crippen LogP contribution is 2.42. The van der Waals surface area contributed by atoms with E-state index >= 15 is 0 Å². The second-order valence-corrected chi connectivity index (χ2v) is 7.51. The molecule has 11 heteroatoms. The van der Waals surface area contributed by atoms with Crippen molar-refractivity contribution in [1.29, 1.82) is 0 Å². The summed E-state index contributed by atoms with van der Waals surface area (Å²) in [6.45, 7) is 0. The smallest absolute Gasteiger partial charge is 0.337 e. The first-order valence-electron chi connectivity index (χ1n) is 10.1. The summed E-state index contributed by atoms with van der Waals surface area (Å²) in [5, 5.41) is 40.9. The van der Waals surface area contributed by atoms with E-state index < -0.39 is 47.9 Å². The van der Waals surface area contributed by atoms with Gasteiger partial charge in [0.25, 0.3) is 0 Å². The molecule has 4 rings (SSSR count). The molecule has 0 unspecified atom stereocenters. The lowest BCUT2D eigenvalue weighted by atomic mass is 9.99. The molecule has 0 aliphatic carbocycles. The second-order valence-electron chi connectivity index (χ2n) is 7.51. The van der Waals surface area contributed by atoms with Gasteiger partial charge in [-0.05, 0) is 0 Å². The number of phenols is 1. The zero-order chi connectivity index (χ0) is 24.6. The third-order valence-corrected chi connectivity index (χ3v) is 5.41. The summed E-state index contributed by atoms with van der Waals surface area (Å²) in [6.07, 6.45) is -8.72. The summed E-state index contributed by atoms with van der Waals surface area (Å²) in [5.41, 5.74) is -0.0848. The summed E-state index contributed by atoms with van der Waals surface area (Å²) >= 11 is 0. The van der Waals surface area contributed by atoms with Gasteiger partial charge in [0.1, 0.15) is 35.2 Å². The largest absolute Gasteiger partial charge is 0.507 e. The normalized spacial score (nSPS) is 24.6. The van der Waals surface area contributed by atoms with Crippen LogP contribution in [0.5, 0.6) is 17.2 Å². The molecular weight excluding hydrogens is 452 g/mol. The van der Waals surface area contributed by atoms with Gasteiger partial charge in [-0.15, -0.1) is 0 Å². The van der Waals surface area contributed by atoms with Crippen LogP contribution in [0.2, 0.25) is 0 Å². The van der Waals surface area contributed by atoms with Gasteiger partial charge in [-0.25, -0.2) is 4.79 Å². The molecule has 1 aliphatic heterocycles. The molecular formula is C23H22O11. The van der Waals surface area contributed by atoms with Crippen molar-refractivity contribution in [2.24, 2.45) is 0 Å². The Morgan fingerprint density at radius 1 is 1.00 bits per heavy atom. The van der Waals surface area contributed by atoms with Crippen LogP contribution in [-0.2, 0) is 14.3 Å². The molecule has 3 aromatic rings. The monoisotopic (exact) mass is 474 g/mol. The van der Waals surface area contributed by atoms with Crippen LogP contribution < -0.4 is 14.9 Å². The molecule has 1 saturated heterocycles. The molecule has 0 saturated carbocycles. The number of carbonyl (C=O) groups excluding carboxylic acids is 1. The van der Waals surface area contributed by atoms with Gasteiger partial charge in [-0.3, -0.25) is 4.79 Å². The molecule has 1 aliphatic rings. The fourth-order valence-electron chi connectivity index (χ4n) is 3.68. The van der Waals surface area contributed by atoms with Crippen LogP contribution in [0.3, 0.4) is 0 Å². The van der Waals surface area contributed by atoms with Crippen molar-refractivity contribution in [3.63, 3.8) is 0 Å². The number of phenolic OH excluding ortho intramolecular Hbond substituents is 1. The lowest BCUT2D eigenvalue weighted by Crippen LogP contribution is -2.61. The van der Waals surface area contributed by atoms with E-state index in [4.69, 9.17) is 18.6 Å². The number of benzene rings is 2. The molecule has 0 bridgehead atoms. The van der Waals surface area contributed by atoms with E-state index in [-0.39, 0.29) is 28.2 Å². The minimum absolute atomic E-state index is 0.117. The molecule has 4 N–H and O–H groups in total. The van der Waals surface area contributed by atoms with E-state index in [1.165, 1.54) is 13.2 Å². The van der Waals surface area contributed by atoms with Crippen molar-refractivity contribution in [1.82, 2.24) is 0 Å². The molecule has 5 atom stereocenters. The van der Waals surface area contributed by atoms with Gasteiger partial charge in [-0.1, -0.05) is 30.3 Å². The standard InChI is InChI=1S/C23H22O11/c1-30-19-14(33-23-18(28)16(26)17(27)21(34-23)22(29)31-2)9-12(25)15-11(24)8-13(32-20(15)19)10-6-4-3-5-7-10/h3-9,16-18,21,23,25-28H,1-2H3/t16-,17-,18+,21-,23+/m1/s1. The van der Waals surface area contributed by atoms with Gasteiger partial charge in [0.15, 0.2) is 22.9 Å². The number of ether oxygens (including phenoxy) is 4. The van der Waals surface area contributed by atoms with Crippen LogP contribution >= 0.6 is 0 Å². The van der Waals surface area contributed by atoms with Crippen molar-refractivity contribution >= 4 is 16.9 Å². The highest BCUT2D eigenvalue weighted by molar-refractivity contribution is 5.91. The summed E-state index contributed by atoms with van der Waals surface area (Å²) in [7, 11) is 2.32. The quantitative estimate of drug-likeness (QED) is 0.381. The molecule has 0 spiro atoms. The Morgan fingerprint density at radius 3 is 2.35 bits per heavy atom. The van der Waals surface area contributed by atoms with Gasteiger partial charge >= 0.3 is 5.97 Å². The lowest BCUT2D eigenvalue weighted by Gasteiger charge is -2.38. The van der Waals surface area contributed by atoms with E-state index in [1.807, 2.05) is 0 Å². The Morgan fingerprint density at radius 2 is 1.71 bits per heavy atom. The average molecular weight is 474 g/mol. The Labute approximate surface area is 192 Å². The summed E-state index contributed by atoms with van der Waals surface area (Å²) in [6, 6.07) is 11.0. The zero-order valence-corrected chi connectivity index (χ0v) is 18.1. The highest BCUT2D eigenvalue weighted by Gasteiger charge is 2.48. The number of aliphatic hydroxyl groups is 3. The second kappa shape index (κ2) is 9.31. The maximum atomic E-state index is 12.8. The average Bonchev–Trinajstić information content (AvgIpc) is 2.84. The van der Waals surface area contributed by atoms with Gasteiger partial charge in [0.2, 0.25) is 12.0 Å². The van der Waals surface area contributed by atoms with Crippen LogP contribution in [0, 0.1) is 0 Å². The molecule has 1 fully saturated rings. The molecule has 180 valence electrons. The van der Waals surface area contributed by atoms with E-state index in [9.17, 15) is 30.0 Å². The number of fused-ring (bicyclic) bond motifs is 1. The van der Waals surface area contributed by atoms with Crippen LogP contribution in [0.25, 0.3) is 22.3 Å². The number of aromatic hydroxyl groups is 1. The van der Waals surface area contributed by atoms with Gasteiger partial charge in [0, 0.05) is 17.7 Å². The number of hydrogen-bond donors (Lipinski definition) is 4. The van der Waals surface area contributed by atoms with Gasteiger partial charge in [0.05, 0.1) is 14.2 Å². The summed E-state index contributed by atoms with van der Waals surface area (Å²) in [5.74, 6) is -1.65. The minimum atomic E-state index is -1.81. The van der Waals surface area contributed by atoms with Crippen LogP contribution in [-0.4, -0.2) is 71.3 Å². The minimum Gasteiger partial charge on any atom is -0.507 e. The highest BCUT2D eigenvalue weighted by atomic mass is 16.7.